The smallest absolute Gasteiger partial charge is 0.309 e. The number of allylic oxidation sites excluding steroid dienone is 1. The van der Waals surface area contributed by atoms with E-state index in [4.69, 9.17) is 4.74 Å². The maximum absolute atomic E-state index is 15.0. The van der Waals surface area contributed by atoms with Gasteiger partial charge in [0.25, 0.3) is 5.91 Å². The summed E-state index contributed by atoms with van der Waals surface area (Å²) in [6, 6.07) is 3.58. The molecule has 10 nitrogen and oxygen atoms in total. The van der Waals surface area contributed by atoms with Gasteiger partial charge in [-0.05, 0) is 146 Å². The van der Waals surface area contributed by atoms with E-state index in [1.165, 1.54) is 5.57 Å². The second kappa shape index (κ2) is 14.8. The van der Waals surface area contributed by atoms with Gasteiger partial charge in [0.1, 0.15) is 11.6 Å². The largest absolute Gasteiger partial charge is 0.481 e. The van der Waals surface area contributed by atoms with Gasteiger partial charge in [-0.3, -0.25) is 29.0 Å². The number of amides is 2. The van der Waals surface area contributed by atoms with Gasteiger partial charge in [0.15, 0.2) is 5.78 Å². The van der Waals surface area contributed by atoms with E-state index in [1.54, 1.807) is 12.3 Å². The predicted octanol–water partition coefficient (Wildman–Crippen LogP) is 9.33. The Morgan fingerprint density at radius 1 is 0.787 bits per heavy atom. The van der Waals surface area contributed by atoms with Gasteiger partial charge in [0.05, 0.1) is 22.9 Å². The van der Waals surface area contributed by atoms with E-state index in [1.807, 2.05) is 26.8 Å². The number of esters is 1. The molecular weight excluding hydrogens is 767 g/mol. The number of pyridine rings is 1. The first kappa shape index (κ1) is 44.1. The minimum atomic E-state index is -1.06. The van der Waals surface area contributed by atoms with Crippen molar-refractivity contribution in [3.8, 4) is 0 Å². The topological polar surface area (TPSA) is 152 Å². The fourth-order valence-electron chi connectivity index (χ4n) is 15.7. The Bertz CT molecular complexity index is 2030. The average Bonchev–Trinajstić information content (AvgIpc) is 3.47. The van der Waals surface area contributed by atoms with Gasteiger partial charge in [-0.25, -0.2) is 0 Å². The van der Waals surface area contributed by atoms with E-state index in [0.29, 0.717) is 43.1 Å². The zero-order valence-corrected chi connectivity index (χ0v) is 38.7. The van der Waals surface area contributed by atoms with E-state index in [2.05, 4.69) is 64.1 Å². The fourth-order valence-corrected chi connectivity index (χ4v) is 15.7. The Hall–Kier alpha value is -3.56. The quantitative estimate of drug-likeness (QED) is 0.219. The summed E-state index contributed by atoms with van der Waals surface area (Å²) in [6.45, 7) is 22.1. The van der Waals surface area contributed by atoms with Crippen LogP contribution in [0, 0.1) is 69.5 Å². The van der Waals surface area contributed by atoms with E-state index >= 15 is 4.79 Å². The lowest BCUT2D eigenvalue weighted by Crippen LogP contribution is -2.69. The normalized spacial score (nSPS) is 39.4. The number of carbonyl (C=O) groups is 5. The number of fused-ring (bicyclic) bond motifs is 7. The number of carboxylic acids is 1. The molecule has 0 saturated heterocycles. The number of ketones is 1. The number of carbonyl (C=O) groups excluding carboxylic acids is 4. The van der Waals surface area contributed by atoms with Crippen LogP contribution in [0.2, 0.25) is 0 Å². The molecule has 10 heteroatoms. The van der Waals surface area contributed by atoms with Gasteiger partial charge in [0, 0.05) is 23.7 Å². The molecule has 3 N–H and O–H groups in total. The summed E-state index contributed by atoms with van der Waals surface area (Å²) in [5, 5.41) is 16.5. The van der Waals surface area contributed by atoms with Crippen LogP contribution in [0.4, 0.5) is 0 Å². The van der Waals surface area contributed by atoms with Crippen molar-refractivity contribution in [3.05, 3.63) is 40.7 Å². The molecule has 7 aliphatic carbocycles. The van der Waals surface area contributed by atoms with Gasteiger partial charge in [0.2, 0.25) is 5.91 Å². The summed E-state index contributed by atoms with van der Waals surface area (Å²) in [6.07, 6.45) is 13.2. The summed E-state index contributed by atoms with van der Waals surface area (Å²) < 4.78 is 6.44. The average molecular weight is 840 g/mol. The van der Waals surface area contributed by atoms with Crippen LogP contribution in [0.15, 0.2) is 29.5 Å². The molecule has 6 saturated carbocycles. The van der Waals surface area contributed by atoms with Crippen LogP contribution in [-0.2, 0) is 23.9 Å². The number of aromatic nitrogens is 1. The zero-order valence-electron chi connectivity index (χ0n) is 38.7. The highest BCUT2D eigenvalue weighted by Gasteiger charge is 2.71. The highest BCUT2D eigenvalue weighted by Crippen LogP contribution is 2.76. The van der Waals surface area contributed by atoms with Crippen molar-refractivity contribution in [2.45, 2.75) is 183 Å². The van der Waals surface area contributed by atoms with E-state index in [0.717, 1.165) is 75.5 Å². The van der Waals surface area contributed by atoms with Crippen molar-refractivity contribution < 1.29 is 33.8 Å². The molecule has 334 valence electrons. The summed E-state index contributed by atoms with van der Waals surface area (Å²) >= 11 is 0. The Labute approximate surface area is 364 Å². The second-order valence-corrected chi connectivity index (χ2v) is 23.3. The first-order valence-electron chi connectivity index (χ1n) is 23.8. The van der Waals surface area contributed by atoms with Crippen molar-refractivity contribution >= 4 is 29.5 Å². The van der Waals surface area contributed by atoms with Gasteiger partial charge >= 0.3 is 11.9 Å². The Balaban J connectivity index is 1.06. The molecule has 1 aromatic heterocycles. The van der Waals surface area contributed by atoms with Crippen molar-refractivity contribution in [2.75, 3.05) is 0 Å². The molecule has 0 spiro atoms. The molecule has 0 aliphatic heterocycles. The molecule has 0 bridgehead atoms. The van der Waals surface area contributed by atoms with E-state index < -0.39 is 34.3 Å². The van der Waals surface area contributed by atoms with Crippen LogP contribution in [0.25, 0.3) is 0 Å². The highest BCUT2D eigenvalue weighted by atomic mass is 16.5. The van der Waals surface area contributed by atoms with E-state index in [-0.39, 0.29) is 69.6 Å². The maximum Gasteiger partial charge on any atom is 0.309 e. The Kier molecular flexibility index (Phi) is 10.7. The van der Waals surface area contributed by atoms with Crippen LogP contribution in [-0.4, -0.2) is 56.8 Å². The molecule has 2 amide bonds. The number of Topliss-reactive ketones (excluding diaryl/α,β-unsaturated/α-hetero) is 1. The third-order valence-corrected chi connectivity index (χ3v) is 19.5. The Morgan fingerprint density at radius 3 is 2.11 bits per heavy atom. The molecule has 0 radical (unpaired) electrons. The number of nitrogens with zero attached hydrogens (tertiary/aromatic N) is 1. The van der Waals surface area contributed by atoms with Crippen LogP contribution >= 0.6 is 0 Å². The number of rotatable bonds is 8. The summed E-state index contributed by atoms with van der Waals surface area (Å²) in [7, 11) is 0. The van der Waals surface area contributed by atoms with Crippen LogP contribution in [0.1, 0.15) is 175 Å². The maximum atomic E-state index is 15.0. The number of hydrogen-bond donors (Lipinski definition) is 3. The Morgan fingerprint density at radius 2 is 1.49 bits per heavy atom. The first-order chi connectivity index (χ1) is 28.5. The lowest BCUT2D eigenvalue weighted by atomic mass is 9.33. The van der Waals surface area contributed by atoms with Crippen molar-refractivity contribution in [1.29, 1.82) is 0 Å². The van der Waals surface area contributed by atoms with Gasteiger partial charge in [-0.15, -0.1) is 0 Å². The number of nitrogens with one attached hydrogen (secondary N) is 2. The second-order valence-electron chi connectivity index (χ2n) is 23.3. The first-order valence-corrected chi connectivity index (χ1v) is 23.8. The van der Waals surface area contributed by atoms with E-state index in [9.17, 15) is 24.3 Å². The molecule has 61 heavy (non-hydrogen) atoms. The lowest BCUT2D eigenvalue weighted by Gasteiger charge is -2.72. The molecular formula is C51H73N3O7. The zero-order chi connectivity index (χ0) is 44.3. The third kappa shape index (κ3) is 6.50. The van der Waals surface area contributed by atoms with Crippen molar-refractivity contribution in [3.63, 3.8) is 0 Å². The van der Waals surface area contributed by atoms with Crippen molar-refractivity contribution in [2.24, 2.45) is 62.6 Å². The lowest BCUT2D eigenvalue weighted by molar-refractivity contribution is -0.235. The van der Waals surface area contributed by atoms with Gasteiger partial charge in [-0.2, -0.15) is 0 Å². The minimum Gasteiger partial charge on any atom is -0.481 e. The molecule has 6 fully saturated rings. The van der Waals surface area contributed by atoms with Gasteiger partial charge in [-0.1, -0.05) is 81.6 Å². The van der Waals surface area contributed by atoms with Crippen LogP contribution in [0.3, 0.4) is 0 Å². The molecule has 7 aliphatic rings. The van der Waals surface area contributed by atoms with Crippen LogP contribution < -0.4 is 10.6 Å². The summed E-state index contributed by atoms with van der Waals surface area (Å²) in [4.78, 5) is 73.0. The van der Waals surface area contributed by atoms with Crippen molar-refractivity contribution in [1.82, 2.24) is 15.6 Å². The molecule has 1 unspecified atom stereocenters. The number of ether oxygens (including phenoxy) is 1. The molecule has 8 rings (SSSR count). The highest BCUT2D eigenvalue weighted by molar-refractivity contribution is 6.04. The number of carboxylic acid groups (broad SMARTS) is 1. The molecule has 1 heterocycles. The molecule has 10 atom stereocenters. The molecule has 0 aromatic carbocycles. The predicted molar refractivity (Wildman–Crippen MR) is 233 cm³/mol. The summed E-state index contributed by atoms with van der Waals surface area (Å²) in [5.74, 6) is -1.34. The molecule has 1 aromatic rings. The fraction of sp³-hybridized carbons (Fsp3) is 0.765. The number of aliphatic carboxylic acids is 1. The minimum absolute atomic E-state index is 0.0138. The SMILES string of the molecule is Cc1ccc(C(=O)NC2(C(=O)N[C@@]34CC[C@]5(C)[C@H](CC[C@@H]6[C@@]7(C)CC[C@H](OC(=O)C8C[C@@H](C(=O)O)C8(C)C)C(C)(C)[C@@H]7CC[C@]65C)C3=C(C(C)C)C(=O)C4)CCCCC2)cn1. The monoisotopic (exact) mass is 840 g/mol. The number of aryl methyl sites for hydroxylation is 1. The van der Waals surface area contributed by atoms with Gasteiger partial charge < -0.3 is 20.5 Å². The standard InChI is InChI=1S/C51H73N3O7/c1-29(2)39-35(55)27-51(54-44(60)50(20-12-11-13-21-50)53-41(56)31-15-14-30(3)52-28-31)25-24-48(9)32(40(39)51)16-17-37-47(8)22-19-38(46(6,7)36(47)18-23-49(37,48)10)61-43(59)34-26-33(42(57)58)45(34,4)5/h14-15,28-29,32-34,36-38H,11-13,16-27H2,1-10H3,(H,53,56)(H,54,60)(H,57,58)/t32-,33+,34?,36+,37-,38+,47+,48-,49-,51-/m1/s1. The van der Waals surface area contributed by atoms with Crippen LogP contribution in [0.5, 0.6) is 0 Å². The number of hydrogen-bond acceptors (Lipinski definition) is 7. The third-order valence-electron chi connectivity index (χ3n) is 19.5. The summed E-state index contributed by atoms with van der Waals surface area (Å²) in [5.41, 5.74) is 0.564.